The lowest BCUT2D eigenvalue weighted by atomic mass is 9.85. The fourth-order valence-corrected chi connectivity index (χ4v) is 3.25. The van der Waals surface area contributed by atoms with Gasteiger partial charge in [0.05, 0.1) is 19.0 Å². The second-order valence-corrected chi connectivity index (χ2v) is 7.78. The number of amidine groups is 1. The van der Waals surface area contributed by atoms with Gasteiger partial charge in [0.25, 0.3) is 6.02 Å². The Morgan fingerprint density at radius 1 is 1.33 bits per heavy atom. The number of Topliss-reactive ketones (excluding diaryl/α,β-unsaturated/α-hetero) is 1. The summed E-state index contributed by atoms with van der Waals surface area (Å²) >= 11 is 0. The molecule has 0 amide bonds. The number of nitrogens with zero attached hydrogens (tertiary/aromatic N) is 3. The fraction of sp³-hybridized carbons (Fsp3) is 0.429. The van der Waals surface area contributed by atoms with Gasteiger partial charge in [0, 0.05) is 12.0 Å². The molecule has 1 aliphatic heterocycles. The minimum atomic E-state index is -1.58. The third-order valence-electron chi connectivity index (χ3n) is 5.35. The van der Waals surface area contributed by atoms with Crippen LogP contribution in [-0.2, 0) is 16.7 Å². The fourth-order valence-electron chi connectivity index (χ4n) is 3.25. The summed E-state index contributed by atoms with van der Waals surface area (Å²) in [4.78, 5) is 24.8. The van der Waals surface area contributed by atoms with Crippen LogP contribution >= 0.6 is 0 Å². The Labute approximate surface area is 172 Å². The van der Waals surface area contributed by atoms with Crippen molar-refractivity contribution in [2.45, 2.75) is 37.9 Å². The van der Waals surface area contributed by atoms with Gasteiger partial charge in [0.15, 0.2) is 12.0 Å². The summed E-state index contributed by atoms with van der Waals surface area (Å²) in [5, 5.41) is 0. The predicted octanol–water partition coefficient (Wildman–Crippen LogP) is 2.73. The van der Waals surface area contributed by atoms with Crippen molar-refractivity contribution in [1.82, 2.24) is 9.97 Å². The molecule has 158 valence electrons. The summed E-state index contributed by atoms with van der Waals surface area (Å²) in [6, 6.07) is 3.90. The SMILES string of the molecule is C[C@]1(c2cc(CC(=O)c3cnc(OCC4CC4)cn3)ccc2F)N=C(N)OC[C@@H]1F. The molecule has 1 aromatic heterocycles. The van der Waals surface area contributed by atoms with Crippen molar-refractivity contribution in [2.75, 3.05) is 13.2 Å². The molecule has 9 heteroatoms. The van der Waals surface area contributed by atoms with Crippen molar-refractivity contribution < 1.29 is 23.0 Å². The summed E-state index contributed by atoms with van der Waals surface area (Å²) in [5.74, 6) is 0.0267. The number of carbonyl (C=O) groups is 1. The summed E-state index contributed by atoms with van der Waals surface area (Å²) in [6.07, 6.45) is 3.47. The maximum absolute atomic E-state index is 14.5. The molecule has 4 rings (SSSR count). The van der Waals surface area contributed by atoms with Crippen molar-refractivity contribution in [3.8, 4) is 5.88 Å². The Bertz CT molecular complexity index is 979. The number of ether oxygens (including phenoxy) is 2. The summed E-state index contributed by atoms with van der Waals surface area (Å²) in [7, 11) is 0. The zero-order valence-electron chi connectivity index (χ0n) is 16.5. The molecule has 7 nitrogen and oxygen atoms in total. The average molecular weight is 416 g/mol. The first-order valence-corrected chi connectivity index (χ1v) is 9.74. The van der Waals surface area contributed by atoms with E-state index >= 15 is 0 Å². The van der Waals surface area contributed by atoms with Gasteiger partial charge in [-0.2, -0.15) is 0 Å². The van der Waals surface area contributed by atoms with E-state index in [9.17, 15) is 13.6 Å². The highest BCUT2D eigenvalue weighted by Gasteiger charge is 2.42. The highest BCUT2D eigenvalue weighted by Crippen LogP contribution is 2.36. The van der Waals surface area contributed by atoms with E-state index in [-0.39, 0.29) is 36.1 Å². The summed E-state index contributed by atoms with van der Waals surface area (Å²) in [6.45, 7) is 1.73. The van der Waals surface area contributed by atoms with Crippen LogP contribution in [0.1, 0.15) is 41.4 Å². The van der Waals surface area contributed by atoms with Crippen molar-refractivity contribution in [2.24, 2.45) is 16.6 Å². The number of carbonyl (C=O) groups excluding carboxylic acids is 1. The van der Waals surface area contributed by atoms with E-state index in [0.717, 1.165) is 12.8 Å². The molecule has 2 atom stereocenters. The molecule has 0 spiro atoms. The predicted molar refractivity (Wildman–Crippen MR) is 105 cm³/mol. The number of alkyl halides is 1. The number of hydrogen-bond acceptors (Lipinski definition) is 7. The Balaban J connectivity index is 1.50. The number of benzene rings is 1. The van der Waals surface area contributed by atoms with Gasteiger partial charge in [-0.15, -0.1) is 0 Å². The van der Waals surface area contributed by atoms with Gasteiger partial charge in [0.2, 0.25) is 5.88 Å². The molecule has 1 saturated carbocycles. The van der Waals surface area contributed by atoms with Crippen molar-refractivity contribution in [3.05, 3.63) is 53.2 Å². The van der Waals surface area contributed by atoms with Gasteiger partial charge in [-0.1, -0.05) is 6.07 Å². The zero-order chi connectivity index (χ0) is 21.3. The van der Waals surface area contributed by atoms with E-state index in [2.05, 4.69) is 15.0 Å². The second kappa shape index (κ2) is 7.97. The van der Waals surface area contributed by atoms with Gasteiger partial charge in [-0.25, -0.2) is 23.7 Å². The van der Waals surface area contributed by atoms with Crippen LogP contribution in [0.15, 0.2) is 35.6 Å². The Morgan fingerprint density at radius 3 is 2.83 bits per heavy atom. The molecule has 0 radical (unpaired) electrons. The highest BCUT2D eigenvalue weighted by atomic mass is 19.1. The van der Waals surface area contributed by atoms with Gasteiger partial charge in [-0.3, -0.25) is 4.79 Å². The Kier molecular flexibility index (Phi) is 5.36. The first-order valence-electron chi connectivity index (χ1n) is 9.74. The van der Waals surface area contributed by atoms with Crippen molar-refractivity contribution in [3.63, 3.8) is 0 Å². The molecular weight excluding hydrogens is 394 g/mol. The number of ketones is 1. The van der Waals surface area contributed by atoms with Crippen LogP contribution in [0.4, 0.5) is 8.78 Å². The first-order chi connectivity index (χ1) is 14.3. The summed E-state index contributed by atoms with van der Waals surface area (Å²) in [5.41, 5.74) is 4.72. The maximum Gasteiger partial charge on any atom is 0.283 e. The van der Waals surface area contributed by atoms with Gasteiger partial charge < -0.3 is 15.2 Å². The quantitative estimate of drug-likeness (QED) is 0.697. The second-order valence-electron chi connectivity index (χ2n) is 7.78. The number of hydrogen-bond donors (Lipinski definition) is 1. The topological polar surface area (TPSA) is 99.7 Å². The van der Waals surface area contributed by atoms with E-state index in [1.165, 1.54) is 37.5 Å². The zero-order valence-corrected chi connectivity index (χ0v) is 16.5. The van der Waals surface area contributed by atoms with Crippen LogP contribution in [-0.4, -0.2) is 41.2 Å². The van der Waals surface area contributed by atoms with Gasteiger partial charge >= 0.3 is 0 Å². The maximum atomic E-state index is 14.5. The average Bonchev–Trinajstić information content (AvgIpc) is 3.56. The minimum Gasteiger partial charge on any atom is -0.476 e. The smallest absolute Gasteiger partial charge is 0.283 e. The van der Waals surface area contributed by atoms with E-state index in [1.54, 1.807) is 0 Å². The lowest BCUT2D eigenvalue weighted by Gasteiger charge is -2.33. The molecule has 2 aromatic rings. The van der Waals surface area contributed by atoms with Crippen LogP contribution in [0, 0.1) is 11.7 Å². The molecule has 2 heterocycles. The first kappa shape index (κ1) is 20.2. The normalized spacial score (nSPS) is 23.4. The van der Waals surface area contributed by atoms with E-state index < -0.39 is 17.5 Å². The molecule has 0 bridgehead atoms. The molecular formula is C21H22F2N4O3. The van der Waals surface area contributed by atoms with Gasteiger partial charge in [-0.05, 0) is 43.4 Å². The number of nitrogens with two attached hydrogens (primary N) is 1. The molecule has 1 fully saturated rings. The third kappa shape index (κ3) is 4.24. The van der Waals surface area contributed by atoms with E-state index in [1.807, 2.05) is 0 Å². The molecule has 0 unspecified atom stereocenters. The van der Waals surface area contributed by atoms with E-state index in [4.69, 9.17) is 15.2 Å². The van der Waals surface area contributed by atoms with Gasteiger partial charge in [0.1, 0.15) is 23.7 Å². The van der Waals surface area contributed by atoms with Crippen molar-refractivity contribution in [1.29, 1.82) is 0 Å². The van der Waals surface area contributed by atoms with Crippen LogP contribution in [0.25, 0.3) is 0 Å². The molecule has 2 aliphatic rings. The molecule has 0 saturated heterocycles. The Morgan fingerprint density at radius 2 is 2.13 bits per heavy atom. The van der Waals surface area contributed by atoms with Crippen LogP contribution in [0.3, 0.4) is 0 Å². The lowest BCUT2D eigenvalue weighted by Crippen LogP contribution is -2.43. The monoisotopic (exact) mass is 416 g/mol. The van der Waals surface area contributed by atoms with Crippen molar-refractivity contribution >= 4 is 11.8 Å². The third-order valence-corrected chi connectivity index (χ3v) is 5.35. The lowest BCUT2D eigenvalue weighted by molar-refractivity contribution is 0.0921. The van der Waals surface area contributed by atoms with Crippen LogP contribution < -0.4 is 10.5 Å². The minimum absolute atomic E-state index is 0.0152. The highest BCUT2D eigenvalue weighted by molar-refractivity contribution is 5.95. The molecule has 2 N–H and O–H groups in total. The summed E-state index contributed by atoms with van der Waals surface area (Å²) < 4.78 is 39.4. The largest absolute Gasteiger partial charge is 0.476 e. The molecule has 1 aliphatic carbocycles. The number of aromatic nitrogens is 2. The van der Waals surface area contributed by atoms with Crippen LogP contribution in [0.2, 0.25) is 0 Å². The molecule has 30 heavy (non-hydrogen) atoms. The molecule has 1 aromatic carbocycles. The standard InChI is InChI=1S/C21H22F2N4O3/c1-21(18(23)11-30-20(24)27-21)14-6-13(4-5-15(14)22)7-17(28)16-8-26-19(9-25-16)29-10-12-2-3-12/h4-6,8-9,12,18H,2-3,7,10-11H2,1H3,(H2,24,27)/t18-,21+/m0/s1. The number of rotatable bonds is 7. The number of halogens is 2. The Hall–Kier alpha value is -3.10. The van der Waals surface area contributed by atoms with E-state index in [0.29, 0.717) is 24.0 Å². The van der Waals surface area contributed by atoms with Crippen LogP contribution in [0.5, 0.6) is 5.88 Å². The number of aliphatic imine (C=N–C) groups is 1.